The highest BCUT2D eigenvalue weighted by molar-refractivity contribution is 6.06. The van der Waals surface area contributed by atoms with E-state index in [1.807, 2.05) is 0 Å². The molecule has 2 aromatic rings. The first kappa shape index (κ1) is 18.3. The molecule has 2 heterocycles. The van der Waals surface area contributed by atoms with Gasteiger partial charge in [-0.3, -0.25) is 4.79 Å². The summed E-state index contributed by atoms with van der Waals surface area (Å²) in [7, 11) is 1.13. The third-order valence-corrected chi connectivity index (χ3v) is 3.18. The summed E-state index contributed by atoms with van der Waals surface area (Å²) in [5.74, 6) is -3.10. The molecule has 0 aliphatic heterocycles. The maximum atomic E-state index is 13.9. The van der Waals surface area contributed by atoms with Gasteiger partial charge in [-0.1, -0.05) is 0 Å². The van der Waals surface area contributed by atoms with Gasteiger partial charge in [0.2, 0.25) is 0 Å². The Morgan fingerprint density at radius 1 is 1.24 bits per heavy atom. The second kappa shape index (κ2) is 6.83. The van der Waals surface area contributed by atoms with Crippen molar-refractivity contribution in [3.05, 3.63) is 52.9 Å². The summed E-state index contributed by atoms with van der Waals surface area (Å²) in [5, 5.41) is 2.22. The highest BCUT2D eigenvalue weighted by Crippen LogP contribution is 2.32. The number of carbonyl (C=O) groups excluding carboxylic acids is 2. The fraction of sp³-hybridized carbons (Fsp3) is 0.200. The van der Waals surface area contributed by atoms with Crippen LogP contribution in [0.4, 0.5) is 23.2 Å². The van der Waals surface area contributed by atoms with Crippen LogP contribution in [0.15, 0.2) is 24.5 Å². The van der Waals surface area contributed by atoms with Crippen molar-refractivity contribution in [2.45, 2.75) is 13.1 Å². The van der Waals surface area contributed by atoms with Gasteiger partial charge in [-0.25, -0.2) is 19.2 Å². The van der Waals surface area contributed by atoms with Crippen LogP contribution in [-0.2, 0) is 10.9 Å². The van der Waals surface area contributed by atoms with E-state index in [1.54, 1.807) is 0 Å². The van der Waals surface area contributed by atoms with E-state index in [1.165, 1.54) is 12.3 Å². The lowest BCUT2D eigenvalue weighted by Gasteiger charge is -2.14. The summed E-state index contributed by atoms with van der Waals surface area (Å²) in [6, 6.07) is 2.42. The highest BCUT2D eigenvalue weighted by atomic mass is 19.4. The lowest BCUT2D eigenvalue weighted by molar-refractivity contribution is -0.141. The molecule has 0 spiro atoms. The van der Waals surface area contributed by atoms with Gasteiger partial charge in [0.15, 0.2) is 5.82 Å². The molecule has 1 N–H and O–H groups in total. The third-order valence-electron chi connectivity index (χ3n) is 3.18. The zero-order valence-corrected chi connectivity index (χ0v) is 12.9. The molecule has 0 aliphatic rings. The van der Waals surface area contributed by atoms with Crippen molar-refractivity contribution in [1.29, 1.82) is 0 Å². The number of carbonyl (C=O) groups is 2. The normalized spacial score (nSPS) is 11.1. The standard InChI is InChI=1S/C15H11F4N3O3/c1-7-11(9(16)6-21-12(7)15(17,18)19)13(23)22-8-3-4-20-10(5-8)14(24)25-2/h3-6H,1-2H3,(H,20,22,23). The average Bonchev–Trinajstić information content (AvgIpc) is 2.53. The zero-order chi connectivity index (χ0) is 18.8. The fourth-order valence-electron chi connectivity index (χ4n) is 2.06. The monoisotopic (exact) mass is 357 g/mol. The molecule has 0 unspecified atom stereocenters. The van der Waals surface area contributed by atoms with Gasteiger partial charge in [-0.2, -0.15) is 13.2 Å². The second-order valence-electron chi connectivity index (χ2n) is 4.83. The fourth-order valence-corrected chi connectivity index (χ4v) is 2.06. The molecular weight excluding hydrogens is 346 g/mol. The van der Waals surface area contributed by atoms with Crippen molar-refractivity contribution in [1.82, 2.24) is 9.97 Å². The second-order valence-corrected chi connectivity index (χ2v) is 4.83. The lowest BCUT2D eigenvalue weighted by atomic mass is 10.1. The van der Waals surface area contributed by atoms with Gasteiger partial charge in [0.1, 0.15) is 11.4 Å². The number of amides is 1. The summed E-state index contributed by atoms with van der Waals surface area (Å²) in [5.41, 5.74) is -2.90. The van der Waals surface area contributed by atoms with Gasteiger partial charge < -0.3 is 10.1 Å². The number of nitrogens with zero attached hydrogens (tertiary/aromatic N) is 2. The molecule has 0 saturated heterocycles. The van der Waals surface area contributed by atoms with E-state index in [9.17, 15) is 27.2 Å². The highest BCUT2D eigenvalue weighted by Gasteiger charge is 2.36. The number of pyridine rings is 2. The van der Waals surface area contributed by atoms with Crippen molar-refractivity contribution in [3.8, 4) is 0 Å². The van der Waals surface area contributed by atoms with Crippen LogP contribution >= 0.6 is 0 Å². The molecule has 0 saturated carbocycles. The molecule has 1 amide bonds. The van der Waals surface area contributed by atoms with Crippen molar-refractivity contribution in [2.75, 3.05) is 12.4 Å². The van der Waals surface area contributed by atoms with Crippen LogP contribution in [0.1, 0.15) is 32.1 Å². The molecule has 0 fully saturated rings. The minimum absolute atomic E-state index is 0.0320. The Balaban J connectivity index is 2.38. The Morgan fingerprint density at radius 3 is 2.52 bits per heavy atom. The number of anilines is 1. The first-order valence-electron chi connectivity index (χ1n) is 6.73. The molecule has 0 aromatic carbocycles. The van der Waals surface area contributed by atoms with Crippen LogP contribution in [0.3, 0.4) is 0 Å². The number of methoxy groups -OCH3 is 1. The number of esters is 1. The molecule has 0 bridgehead atoms. The topological polar surface area (TPSA) is 81.2 Å². The van der Waals surface area contributed by atoms with Crippen molar-refractivity contribution < 1.29 is 31.9 Å². The largest absolute Gasteiger partial charge is 0.464 e. The zero-order valence-electron chi connectivity index (χ0n) is 12.9. The van der Waals surface area contributed by atoms with Crippen LogP contribution < -0.4 is 5.32 Å². The Bertz CT molecular complexity index is 837. The quantitative estimate of drug-likeness (QED) is 0.675. The van der Waals surface area contributed by atoms with Crippen LogP contribution in [0.5, 0.6) is 0 Å². The predicted octanol–water partition coefficient (Wildman–Crippen LogP) is 2.98. The Labute approximate surface area is 138 Å². The SMILES string of the molecule is COC(=O)c1cc(NC(=O)c2c(F)cnc(C(F)(F)F)c2C)ccn1. The molecule has 10 heteroatoms. The van der Waals surface area contributed by atoms with Gasteiger partial charge in [-0.15, -0.1) is 0 Å². The van der Waals surface area contributed by atoms with E-state index < -0.39 is 40.7 Å². The number of alkyl halides is 3. The molecule has 0 aliphatic carbocycles. The summed E-state index contributed by atoms with van der Waals surface area (Å²) >= 11 is 0. The van der Waals surface area contributed by atoms with Gasteiger partial charge in [0, 0.05) is 11.9 Å². The minimum atomic E-state index is -4.83. The number of nitrogens with one attached hydrogen (secondary N) is 1. The third kappa shape index (κ3) is 3.90. The lowest BCUT2D eigenvalue weighted by Crippen LogP contribution is -2.20. The van der Waals surface area contributed by atoms with Gasteiger partial charge >= 0.3 is 12.1 Å². The number of hydrogen-bond acceptors (Lipinski definition) is 5. The molecule has 0 radical (unpaired) electrons. The van der Waals surface area contributed by atoms with E-state index in [0.717, 1.165) is 20.1 Å². The first-order valence-corrected chi connectivity index (χ1v) is 6.73. The average molecular weight is 357 g/mol. The Kier molecular flexibility index (Phi) is 5.00. The first-order chi connectivity index (χ1) is 11.6. The molecule has 2 aromatic heterocycles. The number of rotatable bonds is 3. The molecular formula is C15H11F4N3O3. The van der Waals surface area contributed by atoms with Crippen LogP contribution in [0.2, 0.25) is 0 Å². The van der Waals surface area contributed by atoms with Crippen molar-refractivity contribution >= 4 is 17.6 Å². The molecule has 0 atom stereocenters. The maximum absolute atomic E-state index is 13.9. The number of hydrogen-bond donors (Lipinski definition) is 1. The Hall–Kier alpha value is -3.04. The number of aromatic nitrogens is 2. The molecule has 6 nitrogen and oxygen atoms in total. The van der Waals surface area contributed by atoms with Crippen LogP contribution in [-0.4, -0.2) is 29.0 Å². The molecule has 132 valence electrons. The van der Waals surface area contributed by atoms with E-state index in [2.05, 4.69) is 20.0 Å². The minimum Gasteiger partial charge on any atom is -0.464 e. The molecule has 2 rings (SSSR count). The van der Waals surface area contributed by atoms with Gasteiger partial charge in [0.25, 0.3) is 5.91 Å². The maximum Gasteiger partial charge on any atom is 0.433 e. The predicted molar refractivity (Wildman–Crippen MR) is 77.5 cm³/mol. The van der Waals surface area contributed by atoms with Crippen LogP contribution in [0, 0.1) is 12.7 Å². The van der Waals surface area contributed by atoms with E-state index >= 15 is 0 Å². The summed E-state index contributed by atoms with van der Waals surface area (Å²) in [6.45, 7) is 0.945. The Morgan fingerprint density at radius 2 is 1.92 bits per heavy atom. The van der Waals surface area contributed by atoms with Crippen molar-refractivity contribution in [2.24, 2.45) is 0 Å². The van der Waals surface area contributed by atoms with E-state index in [-0.39, 0.29) is 11.4 Å². The summed E-state index contributed by atoms with van der Waals surface area (Å²) < 4.78 is 56.9. The summed E-state index contributed by atoms with van der Waals surface area (Å²) in [4.78, 5) is 30.3. The van der Waals surface area contributed by atoms with Crippen LogP contribution in [0.25, 0.3) is 0 Å². The van der Waals surface area contributed by atoms with E-state index in [0.29, 0.717) is 6.20 Å². The smallest absolute Gasteiger partial charge is 0.433 e. The van der Waals surface area contributed by atoms with Gasteiger partial charge in [-0.05, 0) is 24.6 Å². The van der Waals surface area contributed by atoms with E-state index in [4.69, 9.17) is 0 Å². The van der Waals surface area contributed by atoms with Gasteiger partial charge in [0.05, 0.1) is 18.9 Å². The number of ether oxygens (including phenoxy) is 1. The number of halogens is 4. The van der Waals surface area contributed by atoms with Crippen molar-refractivity contribution in [3.63, 3.8) is 0 Å². The molecule has 25 heavy (non-hydrogen) atoms. The summed E-state index contributed by atoms with van der Waals surface area (Å²) in [6.07, 6.45) is -3.32.